The summed E-state index contributed by atoms with van der Waals surface area (Å²) < 4.78 is 10.6. The molecule has 146 valence electrons. The molecule has 0 radical (unpaired) electrons. The van der Waals surface area contributed by atoms with E-state index in [-0.39, 0.29) is 11.8 Å². The van der Waals surface area contributed by atoms with Crippen molar-refractivity contribution in [2.75, 3.05) is 33.9 Å². The molecule has 0 aliphatic carbocycles. The Morgan fingerprint density at radius 1 is 1.11 bits per heavy atom. The molecule has 6 nitrogen and oxygen atoms in total. The number of nitrogens with one attached hydrogen (secondary N) is 1. The molecule has 0 aliphatic rings. The highest BCUT2D eigenvalue weighted by Crippen LogP contribution is 2.27. The van der Waals surface area contributed by atoms with Gasteiger partial charge in [0.05, 0.1) is 20.6 Å². The number of methoxy groups -OCH3 is 2. The summed E-state index contributed by atoms with van der Waals surface area (Å²) in [5.41, 5.74) is 1.06. The summed E-state index contributed by atoms with van der Waals surface area (Å²) in [5, 5.41) is 4.83. The highest BCUT2D eigenvalue weighted by Gasteiger charge is 2.11. The predicted octanol–water partition coefficient (Wildman–Crippen LogP) is 2.52. The maximum atomic E-state index is 11.9. The second kappa shape index (κ2) is 10.6. The van der Waals surface area contributed by atoms with Crippen molar-refractivity contribution < 1.29 is 19.1 Å². The molecule has 7 heteroatoms. The van der Waals surface area contributed by atoms with Crippen LogP contribution in [0.1, 0.15) is 17.4 Å². The Kier molecular flexibility index (Phi) is 8.13. The summed E-state index contributed by atoms with van der Waals surface area (Å²) in [6, 6.07) is 9.60. The van der Waals surface area contributed by atoms with Crippen LogP contribution >= 0.6 is 11.3 Å². The minimum Gasteiger partial charge on any atom is -0.493 e. The minimum atomic E-state index is -0.0270. The number of hydrogen-bond donors (Lipinski definition) is 1. The Morgan fingerprint density at radius 2 is 1.89 bits per heavy atom. The number of hydrogen-bond acceptors (Lipinski definition) is 5. The summed E-state index contributed by atoms with van der Waals surface area (Å²) >= 11 is 1.56. The van der Waals surface area contributed by atoms with E-state index in [1.807, 2.05) is 35.7 Å². The van der Waals surface area contributed by atoms with Crippen molar-refractivity contribution in [1.29, 1.82) is 0 Å². The van der Waals surface area contributed by atoms with Crippen LogP contribution in [0.3, 0.4) is 0 Å². The molecule has 0 aliphatic heterocycles. The molecule has 0 atom stereocenters. The van der Waals surface area contributed by atoms with Gasteiger partial charge in [-0.3, -0.25) is 9.59 Å². The fourth-order valence-electron chi connectivity index (χ4n) is 2.69. The zero-order valence-electron chi connectivity index (χ0n) is 16.0. The Balaban J connectivity index is 1.81. The molecule has 1 aromatic heterocycles. The first-order valence-electron chi connectivity index (χ1n) is 8.79. The smallest absolute Gasteiger partial charge is 0.225 e. The van der Waals surface area contributed by atoms with Gasteiger partial charge >= 0.3 is 0 Å². The number of amides is 2. The molecule has 2 amide bonds. The normalized spacial score (nSPS) is 10.3. The first-order valence-corrected chi connectivity index (χ1v) is 9.67. The molecule has 1 aromatic carbocycles. The van der Waals surface area contributed by atoms with E-state index in [1.165, 1.54) is 0 Å². The van der Waals surface area contributed by atoms with Gasteiger partial charge in [0, 0.05) is 31.4 Å². The van der Waals surface area contributed by atoms with Crippen molar-refractivity contribution in [3.05, 3.63) is 46.2 Å². The van der Waals surface area contributed by atoms with Crippen LogP contribution in [0.25, 0.3) is 0 Å². The Bertz CT molecular complexity index is 746. The van der Waals surface area contributed by atoms with Crippen molar-refractivity contribution in [1.82, 2.24) is 10.2 Å². The van der Waals surface area contributed by atoms with Gasteiger partial charge < -0.3 is 19.7 Å². The summed E-state index contributed by atoms with van der Waals surface area (Å²) in [6.07, 6.45) is 1.08. The third-order valence-electron chi connectivity index (χ3n) is 4.18. The third kappa shape index (κ3) is 6.60. The highest BCUT2D eigenvalue weighted by atomic mass is 32.1. The van der Waals surface area contributed by atoms with E-state index in [1.54, 1.807) is 37.4 Å². The number of rotatable bonds is 10. The third-order valence-corrected chi connectivity index (χ3v) is 5.06. The quantitative estimate of drug-likeness (QED) is 0.677. The molecule has 0 bridgehead atoms. The van der Waals surface area contributed by atoms with Gasteiger partial charge in [0.25, 0.3) is 0 Å². The van der Waals surface area contributed by atoms with Crippen molar-refractivity contribution in [2.45, 2.75) is 19.8 Å². The monoisotopic (exact) mass is 390 g/mol. The van der Waals surface area contributed by atoms with E-state index < -0.39 is 0 Å². The van der Waals surface area contributed by atoms with Crippen LogP contribution < -0.4 is 14.8 Å². The van der Waals surface area contributed by atoms with Gasteiger partial charge in [0.2, 0.25) is 11.8 Å². The van der Waals surface area contributed by atoms with Crippen LogP contribution in [0.4, 0.5) is 0 Å². The van der Waals surface area contributed by atoms with Crippen LogP contribution in [-0.4, -0.2) is 50.6 Å². The Labute approximate surface area is 164 Å². The molecule has 1 heterocycles. The maximum absolute atomic E-state index is 11.9. The molecule has 2 rings (SSSR count). The molecular formula is C20H26N2O4S. The second-order valence-electron chi connectivity index (χ2n) is 6.05. The summed E-state index contributed by atoms with van der Waals surface area (Å²) in [7, 11) is 3.20. The van der Waals surface area contributed by atoms with Crippen molar-refractivity contribution in [2.24, 2.45) is 0 Å². The van der Waals surface area contributed by atoms with Crippen LogP contribution in [0.15, 0.2) is 35.7 Å². The van der Waals surface area contributed by atoms with Crippen LogP contribution in [0, 0.1) is 0 Å². The lowest BCUT2D eigenvalue weighted by Crippen LogP contribution is -2.38. The van der Waals surface area contributed by atoms with Crippen molar-refractivity contribution >= 4 is 23.2 Å². The molecule has 0 saturated heterocycles. The van der Waals surface area contributed by atoms with Gasteiger partial charge in [0.1, 0.15) is 0 Å². The lowest BCUT2D eigenvalue weighted by atomic mass is 10.1. The number of thiophene rings is 1. The van der Waals surface area contributed by atoms with Gasteiger partial charge in [-0.2, -0.15) is 0 Å². The molecule has 0 spiro atoms. The maximum Gasteiger partial charge on any atom is 0.225 e. The van der Waals surface area contributed by atoms with Crippen LogP contribution in [-0.2, 0) is 22.4 Å². The van der Waals surface area contributed by atoms with Gasteiger partial charge in [-0.15, -0.1) is 11.3 Å². The zero-order valence-corrected chi connectivity index (χ0v) is 16.8. The largest absolute Gasteiger partial charge is 0.493 e. The fraction of sp³-hybridized carbons (Fsp3) is 0.400. The van der Waals surface area contributed by atoms with Gasteiger partial charge in [-0.05, 0) is 35.6 Å². The molecule has 0 fully saturated rings. The van der Waals surface area contributed by atoms with E-state index >= 15 is 0 Å². The van der Waals surface area contributed by atoms with E-state index in [4.69, 9.17) is 9.47 Å². The average molecular weight is 391 g/mol. The van der Waals surface area contributed by atoms with E-state index in [2.05, 4.69) is 5.32 Å². The van der Waals surface area contributed by atoms with Crippen LogP contribution in [0.2, 0.25) is 0 Å². The van der Waals surface area contributed by atoms with Gasteiger partial charge in [0.15, 0.2) is 11.5 Å². The summed E-state index contributed by atoms with van der Waals surface area (Å²) in [6.45, 7) is 3.04. The zero-order chi connectivity index (χ0) is 19.6. The first kappa shape index (κ1) is 20.8. The summed E-state index contributed by atoms with van der Waals surface area (Å²) in [4.78, 5) is 26.6. The van der Waals surface area contributed by atoms with Gasteiger partial charge in [-0.25, -0.2) is 0 Å². The van der Waals surface area contributed by atoms with Crippen LogP contribution in [0.5, 0.6) is 11.5 Å². The number of carbonyl (C=O) groups excluding carboxylic acids is 2. The topological polar surface area (TPSA) is 67.9 Å². The molecule has 0 unspecified atom stereocenters. The van der Waals surface area contributed by atoms with E-state index in [0.29, 0.717) is 44.0 Å². The Morgan fingerprint density at radius 3 is 2.52 bits per heavy atom. The Hall–Kier alpha value is -2.54. The number of nitrogens with zero attached hydrogens (tertiary/aromatic N) is 1. The minimum absolute atomic E-state index is 0.0111. The first-order chi connectivity index (χ1) is 13.0. The lowest BCUT2D eigenvalue weighted by molar-refractivity contribution is -0.129. The number of ether oxygens (including phenoxy) is 2. The number of carbonyl (C=O) groups is 2. The molecule has 1 N–H and O–H groups in total. The molecule has 27 heavy (non-hydrogen) atoms. The van der Waals surface area contributed by atoms with Gasteiger partial charge in [-0.1, -0.05) is 12.1 Å². The number of benzene rings is 1. The highest BCUT2D eigenvalue weighted by molar-refractivity contribution is 7.10. The fourth-order valence-corrected chi connectivity index (χ4v) is 3.39. The molecule has 0 saturated carbocycles. The average Bonchev–Trinajstić information content (AvgIpc) is 3.16. The lowest BCUT2D eigenvalue weighted by Gasteiger charge is -2.21. The summed E-state index contributed by atoms with van der Waals surface area (Å²) in [5.74, 6) is 1.31. The van der Waals surface area contributed by atoms with E-state index in [0.717, 1.165) is 10.4 Å². The molecule has 2 aromatic rings. The standard InChI is InChI=1S/C20H26N2O4S/c1-15(23)22(11-9-21-20(24)14-17-5-4-12-27-17)10-8-16-6-7-18(25-2)19(13-16)26-3/h4-7,12-13H,8-11,14H2,1-3H3,(H,21,24). The van der Waals surface area contributed by atoms with Crippen molar-refractivity contribution in [3.63, 3.8) is 0 Å². The second-order valence-corrected chi connectivity index (χ2v) is 7.08. The SMILES string of the molecule is COc1ccc(CCN(CCNC(=O)Cc2cccs2)C(C)=O)cc1OC. The molecular weight excluding hydrogens is 364 g/mol. The van der Waals surface area contributed by atoms with Crippen molar-refractivity contribution in [3.8, 4) is 11.5 Å². The predicted molar refractivity (Wildman–Crippen MR) is 107 cm³/mol. The van der Waals surface area contributed by atoms with E-state index in [9.17, 15) is 9.59 Å².